The largest absolute Gasteiger partial charge is 0.453 e. The second-order valence-electron chi connectivity index (χ2n) is 20.2. The highest BCUT2D eigenvalue weighted by molar-refractivity contribution is 5.88. The number of aromatic nitrogens is 4. The number of benzene rings is 3. The van der Waals surface area contributed by atoms with Crippen molar-refractivity contribution in [1.29, 1.82) is 0 Å². The molecule has 4 N–H and O–H groups in total. The number of hydrogen-bond acceptors (Lipinski definition) is 10. The molecule has 4 heterocycles. The van der Waals surface area contributed by atoms with E-state index in [-0.39, 0.29) is 35.9 Å². The molecule has 16 nitrogen and oxygen atoms in total. The van der Waals surface area contributed by atoms with Crippen LogP contribution in [0.15, 0.2) is 60.7 Å². The topological polar surface area (TPSA) is 193 Å². The molecule has 0 saturated carbocycles. The van der Waals surface area contributed by atoms with Gasteiger partial charge in [-0.3, -0.25) is 9.59 Å². The number of likely N-dealkylation sites (tertiary alicyclic amines) is 2. The summed E-state index contributed by atoms with van der Waals surface area (Å²) in [4.78, 5) is 73.3. The minimum Gasteiger partial charge on any atom is -0.453 e. The van der Waals surface area contributed by atoms with E-state index in [0.717, 1.165) is 44.3 Å². The molecule has 2 aromatic heterocycles. The zero-order valence-corrected chi connectivity index (χ0v) is 40.3. The zero-order chi connectivity index (χ0) is 47.8. The molecule has 0 radical (unpaired) electrons. The van der Waals surface area contributed by atoms with Crippen molar-refractivity contribution < 1.29 is 38.1 Å². The van der Waals surface area contributed by atoms with Crippen LogP contribution in [0.3, 0.4) is 0 Å². The van der Waals surface area contributed by atoms with E-state index in [2.05, 4.69) is 57.0 Å². The Labute approximate surface area is 386 Å². The minimum atomic E-state index is -0.782. The number of nitrogens with one attached hydrogen (secondary N) is 4. The van der Waals surface area contributed by atoms with Crippen LogP contribution in [0.5, 0.6) is 0 Å². The number of carbonyl (C=O) groups excluding carboxylic acids is 4. The molecule has 6 atom stereocenters. The minimum absolute atomic E-state index is 0.178. The number of ether oxygens (including phenoxy) is 4. The average molecular weight is 907 g/mol. The first-order valence-corrected chi connectivity index (χ1v) is 22.9. The quantitative estimate of drug-likeness (QED) is 0.0944. The van der Waals surface area contributed by atoms with E-state index in [1.807, 2.05) is 93.5 Å². The normalized spacial score (nSPS) is 20.0. The molecule has 354 valence electrons. The molecule has 16 heteroatoms. The Morgan fingerprint density at radius 2 is 0.939 bits per heavy atom. The lowest BCUT2D eigenvalue weighted by molar-refractivity contribution is -0.137. The van der Waals surface area contributed by atoms with Crippen LogP contribution in [-0.4, -0.2) is 117 Å². The van der Waals surface area contributed by atoms with E-state index < -0.39 is 47.6 Å². The van der Waals surface area contributed by atoms with Gasteiger partial charge in [0.1, 0.15) is 23.7 Å². The molecular formula is C50H66N8O8. The zero-order valence-electron chi connectivity index (χ0n) is 40.3. The van der Waals surface area contributed by atoms with Gasteiger partial charge in [0.25, 0.3) is 0 Å². The fourth-order valence-corrected chi connectivity index (χ4v) is 9.11. The Bertz CT molecular complexity index is 2380. The maximum atomic E-state index is 14.1. The fraction of sp³-hybridized carbons (Fsp3) is 0.520. The molecule has 4 amide bonds. The summed E-state index contributed by atoms with van der Waals surface area (Å²) in [5.74, 6) is 0.525. The number of alkyl carbamates (subject to hydrolysis) is 2. The van der Waals surface area contributed by atoms with Gasteiger partial charge >= 0.3 is 12.2 Å². The van der Waals surface area contributed by atoms with E-state index in [0.29, 0.717) is 37.6 Å². The first-order valence-electron chi connectivity index (χ1n) is 22.9. The van der Waals surface area contributed by atoms with Crippen LogP contribution in [0.1, 0.15) is 106 Å². The molecule has 2 aliphatic rings. The highest BCUT2D eigenvalue weighted by Gasteiger charge is 2.44. The third-order valence-corrected chi connectivity index (χ3v) is 12.1. The molecular weight excluding hydrogens is 841 g/mol. The Morgan fingerprint density at radius 1 is 0.591 bits per heavy atom. The summed E-state index contributed by atoms with van der Waals surface area (Å²) in [5.41, 5.74) is 6.39. The van der Waals surface area contributed by atoms with Gasteiger partial charge in [-0.1, -0.05) is 64.1 Å². The van der Waals surface area contributed by atoms with Gasteiger partial charge in [-0.2, -0.15) is 0 Å². The fourth-order valence-electron chi connectivity index (χ4n) is 9.11. The van der Waals surface area contributed by atoms with Crippen LogP contribution >= 0.6 is 0 Å². The van der Waals surface area contributed by atoms with Gasteiger partial charge in [0, 0.05) is 25.9 Å². The number of nitrogens with zero attached hydrogens (tertiary/aromatic N) is 4. The molecule has 1 unspecified atom stereocenters. The summed E-state index contributed by atoms with van der Waals surface area (Å²) in [6, 6.07) is 18.2. The lowest BCUT2D eigenvalue weighted by Gasteiger charge is -2.30. The van der Waals surface area contributed by atoms with Gasteiger partial charge in [-0.15, -0.1) is 0 Å². The Kier molecular flexibility index (Phi) is 13.9. The van der Waals surface area contributed by atoms with Gasteiger partial charge in [-0.05, 0) is 99.9 Å². The summed E-state index contributed by atoms with van der Waals surface area (Å²) in [5, 5.41) is 5.46. The average Bonchev–Trinajstić information content (AvgIpc) is 4.07. The number of carbonyl (C=O) groups is 4. The van der Waals surface area contributed by atoms with Crippen molar-refractivity contribution in [2.24, 2.45) is 11.8 Å². The number of amides is 4. The van der Waals surface area contributed by atoms with Crippen molar-refractivity contribution in [3.63, 3.8) is 0 Å². The number of aromatic amines is 2. The maximum Gasteiger partial charge on any atom is 0.407 e. The van der Waals surface area contributed by atoms with Crippen molar-refractivity contribution in [3.05, 3.63) is 72.3 Å². The molecule has 0 bridgehead atoms. The summed E-state index contributed by atoms with van der Waals surface area (Å²) in [7, 11) is 2.57. The summed E-state index contributed by atoms with van der Waals surface area (Å²) in [6.07, 6.45) is -0.669. The molecule has 5 aromatic rings. The highest BCUT2D eigenvalue weighted by atomic mass is 16.5. The van der Waals surface area contributed by atoms with Crippen molar-refractivity contribution in [3.8, 4) is 22.3 Å². The first-order chi connectivity index (χ1) is 31.1. The third kappa shape index (κ3) is 10.8. The standard InChI is InChI=1S/C50H66N8O8/c1-27(2)41(55-47(61)63-11)45(59)57-25-33(65-49(5,6)7)23-39(57)43-51-35-19-17-31(21-37(35)53-43)29-13-15-30(16-14-29)32-18-20-36-38(22-32)54-44(52-36)40-24-34(66-50(8,9)10)26-58(40)46(60)42(28(3)4)56-48(62)64-12/h13-22,27-28,33-34,39-42H,23-26H2,1-12H3,(H,51,53)(H,52,54)(H,55,61)(H,56,62)/t33-,34-,39+,40?,41+,42+/m1/s1. The second kappa shape index (κ2) is 19.1. The number of hydrogen-bond donors (Lipinski definition) is 4. The number of methoxy groups -OCH3 is 2. The number of rotatable bonds is 12. The number of imidazole rings is 2. The van der Waals surface area contributed by atoms with Gasteiger partial charge in [-0.25, -0.2) is 19.6 Å². The van der Waals surface area contributed by atoms with Gasteiger partial charge in [0.05, 0.1) is 71.8 Å². The highest BCUT2D eigenvalue weighted by Crippen LogP contribution is 2.38. The van der Waals surface area contributed by atoms with Crippen molar-refractivity contribution in [2.45, 2.75) is 130 Å². The molecule has 66 heavy (non-hydrogen) atoms. The van der Waals surface area contributed by atoms with Crippen LogP contribution in [0.2, 0.25) is 0 Å². The summed E-state index contributed by atoms with van der Waals surface area (Å²) < 4.78 is 22.4. The number of fused-ring (bicyclic) bond motifs is 2. The van der Waals surface area contributed by atoms with Crippen LogP contribution in [0.4, 0.5) is 9.59 Å². The first kappa shape index (κ1) is 47.9. The molecule has 0 aliphatic carbocycles. The van der Waals surface area contributed by atoms with E-state index in [9.17, 15) is 19.2 Å². The van der Waals surface area contributed by atoms with Crippen LogP contribution in [-0.2, 0) is 28.5 Å². The predicted molar refractivity (Wildman–Crippen MR) is 252 cm³/mol. The molecule has 7 rings (SSSR count). The van der Waals surface area contributed by atoms with E-state index in [4.69, 9.17) is 28.9 Å². The van der Waals surface area contributed by atoms with Crippen LogP contribution in [0.25, 0.3) is 44.3 Å². The summed E-state index contributed by atoms with van der Waals surface area (Å²) >= 11 is 0. The van der Waals surface area contributed by atoms with Gasteiger partial charge in [0.2, 0.25) is 11.8 Å². The van der Waals surface area contributed by atoms with Gasteiger partial charge < -0.3 is 49.3 Å². The van der Waals surface area contributed by atoms with Gasteiger partial charge in [0.15, 0.2) is 0 Å². The Morgan fingerprint density at radius 3 is 1.26 bits per heavy atom. The third-order valence-electron chi connectivity index (χ3n) is 12.1. The lowest BCUT2D eigenvalue weighted by atomic mass is 10.00. The monoisotopic (exact) mass is 907 g/mol. The smallest absolute Gasteiger partial charge is 0.407 e. The number of H-pyrrole nitrogens is 2. The van der Waals surface area contributed by atoms with Crippen molar-refractivity contribution >= 4 is 46.1 Å². The second-order valence-corrected chi connectivity index (χ2v) is 20.2. The molecule has 2 saturated heterocycles. The van der Waals surface area contributed by atoms with E-state index in [1.54, 1.807) is 9.80 Å². The molecule has 2 aliphatic heterocycles. The molecule has 2 fully saturated rings. The van der Waals surface area contributed by atoms with E-state index in [1.165, 1.54) is 14.2 Å². The predicted octanol–water partition coefficient (Wildman–Crippen LogP) is 8.45. The summed E-state index contributed by atoms with van der Waals surface area (Å²) in [6.45, 7) is 20.3. The maximum absolute atomic E-state index is 14.1. The van der Waals surface area contributed by atoms with E-state index >= 15 is 0 Å². The Hall–Kier alpha value is -6.00. The van der Waals surface area contributed by atoms with Crippen molar-refractivity contribution in [1.82, 2.24) is 40.4 Å². The van der Waals surface area contributed by atoms with Crippen LogP contribution in [0, 0.1) is 11.8 Å². The molecule has 0 spiro atoms. The van der Waals surface area contributed by atoms with Crippen LogP contribution < -0.4 is 10.6 Å². The van der Waals surface area contributed by atoms with Crippen molar-refractivity contribution in [2.75, 3.05) is 27.3 Å². The SMILES string of the molecule is COC(=O)N[C@H](C(=O)N1C[C@H](OC(C)(C)C)CC1c1nc2cc(-c3ccc(-c4ccc5[nH]c([C@@H]6C[C@@H](OC(C)(C)C)CN6C(=O)[C@@H](NC(=O)OC)C(C)C)nc5c4)cc3)ccc2[nH]1)C(C)C. The lowest BCUT2D eigenvalue weighted by Crippen LogP contribution is -2.51. The molecule has 3 aromatic carbocycles. The Balaban J connectivity index is 1.11.